The van der Waals surface area contributed by atoms with Crippen LogP contribution in [0.2, 0.25) is 0 Å². The van der Waals surface area contributed by atoms with E-state index in [1.54, 1.807) is 32.9 Å². The van der Waals surface area contributed by atoms with Gasteiger partial charge in [-0.15, -0.1) is 0 Å². The minimum Gasteiger partial charge on any atom is -0.444 e. The number of amides is 2. The molecule has 48 heavy (non-hydrogen) atoms. The molecular formula is C35H45N3O9S. The highest BCUT2D eigenvalue weighted by molar-refractivity contribution is 7.90. The van der Waals surface area contributed by atoms with Crippen LogP contribution in [0.15, 0.2) is 66.7 Å². The summed E-state index contributed by atoms with van der Waals surface area (Å²) in [6.07, 6.45) is -0.652. The number of rotatable bonds is 15. The van der Waals surface area contributed by atoms with Gasteiger partial charge in [-0.3, -0.25) is 14.9 Å². The number of hydrogen-bond acceptors (Lipinski definition) is 9. The molecule has 260 valence electrons. The molecule has 0 saturated heterocycles. The summed E-state index contributed by atoms with van der Waals surface area (Å²) in [5.74, 6) is -0.861. The van der Waals surface area contributed by atoms with E-state index in [1.165, 1.54) is 29.2 Å². The first kappa shape index (κ1) is 38.1. The van der Waals surface area contributed by atoms with Gasteiger partial charge in [0.2, 0.25) is 10.0 Å². The van der Waals surface area contributed by atoms with E-state index in [0.29, 0.717) is 24.0 Å². The van der Waals surface area contributed by atoms with Gasteiger partial charge in [-0.2, -0.15) is 0 Å². The third-order valence-corrected chi connectivity index (χ3v) is 8.61. The number of carbonyl (C=O) groups is 2. The normalized spacial score (nSPS) is 12.4. The molecule has 12 nitrogen and oxygen atoms in total. The summed E-state index contributed by atoms with van der Waals surface area (Å²) in [6.45, 7) is 9.13. The number of nitro benzene ring substituents is 1. The summed E-state index contributed by atoms with van der Waals surface area (Å²) in [7, 11) is -3.88. The number of benzene rings is 3. The zero-order valence-corrected chi connectivity index (χ0v) is 28.8. The number of nitrogens with zero attached hydrogens (tertiary/aromatic N) is 2. The van der Waals surface area contributed by atoms with E-state index in [0.717, 1.165) is 16.7 Å². The standard InChI is InChI=1S/C35H45N3O9S/c1-24(2)21-29-22-28(13-16-31(29)33(41)36-48(45,46)20-6-19-39)26-9-7-25(8-10-26)17-18-37(34(42)47-35(3,4)5)23-32(40)27-11-14-30(15-12-27)38(43)44/h7-16,22,24,32,39-40H,6,17-21,23H2,1-5H3,(H,36,41)/t32-/m0/s1. The molecule has 0 aliphatic heterocycles. The molecule has 3 aromatic rings. The lowest BCUT2D eigenvalue weighted by molar-refractivity contribution is -0.384. The lowest BCUT2D eigenvalue weighted by atomic mass is 9.93. The zero-order chi connectivity index (χ0) is 35.6. The number of aliphatic hydroxyl groups is 2. The van der Waals surface area contributed by atoms with E-state index < -0.39 is 38.7 Å². The molecule has 0 radical (unpaired) electrons. The van der Waals surface area contributed by atoms with Crippen molar-refractivity contribution in [3.8, 4) is 11.1 Å². The molecule has 0 bridgehead atoms. The lowest BCUT2D eigenvalue weighted by Gasteiger charge is -2.29. The van der Waals surface area contributed by atoms with Crippen LogP contribution in [0.25, 0.3) is 11.1 Å². The molecule has 0 aliphatic rings. The van der Waals surface area contributed by atoms with E-state index in [9.17, 15) is 33.2 Å². The van der Waals surface area contributed by atoms with E-state index >= 15 is 0 Å². The van der Waals surface area contributed by atoms with Crippen LogP contribution in [0, 0.1) is 16.0 Å². The Balaban J connectivity index is 1.77. The molecule has 0 fully saturated rings. The summed E-state index contributed by atoms with van der Waals surface area (Å²) < 4.78 is 32.2. The first-order valence-corrected chi connectivity index (χ1v) is 17.4. The maximum atomic E-state index is 13.1. The number of sulfonamides is 1. The van der Waals surface area contributed by atoms with E-state index in [-0.39, 0.29) is 49.0 Å². The molecule has 3 N–H and O–H groups in total. The third kappa shape index (κ3) is 11.7. The van der Waals surface area contributed by atoms with Crippen molar-refractivity contribution in [1.82, 2.24) is 9.62 Å². The van der Waals surface area contributed by atoms with Gasteiger partial charge in [-0.05, 0) is 92.0 Å². The quantitative estimate of drug-likeness (QED) is 0.140. The molecule has 0 aliphatic carbocycles. The average Bonchev–Trinajstić information content (AvgIpc) is 3.00. The molecule has 3 aromatic carbocycles. The van der Waals surface area contributed by atoms with Crippen LogP contribution >= 0.6 is 0 Å². The largest absolute Gasteiger partial charge is 0.444 e. The summed E-state index contributed by atoms with van der Waals surface area (Å²) >= 11 is 0. The Labute approximate surface area is 281 Å². The fraction of sp³-hybridized carbons (Fsp3) is 0.429. The third-order valence-electron chi connectivity index (χ3n) is 7.29. The van der Waals surface area contributed by atoms with Crippen molar-refractivity contribution in [1.29, 1.82) is 0 Å². The van der Waals surface area contributed by atoms with Gasteiger partial charge >= 0.3 is 6.09 Å². The van der Waals surface area contributed by atoms with Crippen molar-refractivity contribution < 1.29 is 37.9 Å². The van der Waals surface area contributed by atoms with E-state index in [2.05, 4.69) is 4.72 Å². The van der Waals surface area contributed by atoms with Crippen LogP contribution < -0.4 is 4.72 Å². The monoisotopic (exact) mass is 683 g/mol. The molecule has 13 heteroatoms. The number of nitrogens with one attached hydrogen (secondary N) is 1. The van der Waals surface area contributed by atoms with Crippen molar-refractivity contribution in [3.05, 3.63) is 99.1 Å². The number of non-ortho nitro benzene ring substituents is 1. The highest BCUT2D eigenvalue weighted by Gasteiger charge is 2.25. The van der Waals surface area contributed by atoms with Crippen molar-refractivity contribution in [2.75, 3.05) is 25.4 Å². The second kappa shape index (κ2) is 16.7. The van der Waals surface area contributed by atoms with Gasteiger partial charge in [-0.25, -0.2) is 17.9 Å². The maximum absolute atomic E-state index is 13.1. The molecule has 0 saturated carbocycles. The van der Waals surface area contributed by atoms with Crippen molar-refractivity contribution in [2.24, 2.45) is 5.92 Å². The van der Waals surface area contributed by atoms with Crippen LogP contribution in [-0.4, -0.2) is 71.5 Å². The predicted molar refractivity (Wildman–Crippen MR) is 183 cm³/mol. The van der Waals surface area contributed by atoms with Gasteiger partial charge in [0.25, 0.3) is 11.6 Å². The fourth-order valence-electron chi connectivity index (χ4n) is 4.95. The van der Waals surface area contributed by atoms with Gasteiger partial charge in [0.05, 0.1) is 23.3 Å². The number of carbonyl (C=O) groups excluding carboxylic acids is 2. The molecule has 3 rings (SSSR count). The average molecular weight is 684 g/mol. The fourth-order valence-corrected chi connectivity index (χ4v) is 5.95. The predicted octanol–water partition coefficient (Wildman–Crippen LogP) is 5.42. The Morgan fingerprint density at radius 2 is 1.62 bits per heavy atom. The molecule has 2 amide bonds. The van der Waals surface area contributed by atoms with Crippen molar-refractivity contribution in [2.45, 2.75) is 65.6 Å². The molecule has 0 unspecified atom stereocenters. The van der Waals surface area contributed by atoms with Crippen LogP contribution in [-0.2, 0) is 27.6 Å². The van der Waals surface area contributed by atoms with E-state index in [4.69, 9.17) is 9.84 Å². The van der Waals surface area contributed by atoms with Gasteiger partial charge < -0.3 is 19.8 Å². The minimum atomic E-state index is -3.88. The van der Waals surface area contributed by atoms with Crippen LogP contribution in [0.4, 0.5) is 10.5 Å². The number of nitro groups is 1. The SMILES string of the molecule is CC(C)Cc1cc(-c2ccc(CCN(C[C@H](O)c3ccc([N+](=O)[O-])cc3)C(=O)OC(C)(C)C)cc2)ccc1C(=O)NS(=O)(=O)CCCO. The minimum absolute atomic E-state index is 0.0273. The molecule has 0 heterocycles. The topological polar surface area (TPSA) is 176 Å². The molecule has 0 spiro atoms. The second-order valence-corrected chi connectivity index (χ2v) is 14.9. The first-order valence-electron chi connectivity index (χ1n) is 15.8. The van der Waals surface area contributed by atoms with Gasteiger partial charge in [-0.1, -0.05) is 50.2 Å². The summed E-state index contributed by atoms with van der Waals surface area (Å²) in [5.41, 5.74) is 3.20. The van der Waals surface area contributed by atoms with Gasteiger partial charge in [0.1, 0.15) is 5.60 Å². The summed E-state index contributed by atoms with van der Waals surface area (Å²) in [4.78, 5) is 37.9. The van der Waals surface area contributed by atoms with Crippen molar-refractivity contribution >= 4 is 27.7 Å². The second-order valence-electron chi connectivity index (χ2n) is 13.0. The molecule has 0 aromatic heterocycles. The summed E-state index contributed by atoms with van der Waals surface area (Å²) in [6, 6.07) is 18.5. The highest BCUT2D eigenvalue weighted by atomic mass is 32.2. The van der Waals surface area contributed by atoms with Crippen LogP contribution in [0.3, 0.4) is 0 Å². The Kier molecular flexibility index (Phi) is 13.2. The molecule has 1 atom stereocenters. The zero-order valence-electron chi connectivity index (χ0n) is 28.0. The Bertz CT molecular complexity index is 1670. The van der Waals surface area contributed by atoms with Gasteiger partial charge in [0.15, 0.2) is 0 Å². The van der Waals surface area contributed by atoms with Crippen molar-refractivity contribution in [3.63, 3.8) is 0 Å². The Morgan fingerprint density at radius 1 is 1.00 bits per heavy atom. The first-order chi connectivity index (χ1) is 22.5. The number of ether oxygens (including phenoxy) is 1. The number of aliphatic hydroxyl groups excluding tert-OH is 2. The highest BCUT2D eigenvalue weighted by Crippen LogP contribution is 2.26. The molecular weight excluding hydrogens is 638 g/mol. The Hall–Kier alpha value is -4.33. The number of hydrogen-bond donors (Lipinski definition) is 3. The lowest BCUT2D eigenvalue weighted by Crippen LogP contribution is -2.40. The summed E-state index contributed by atoms with van der Waals surface area (Å²) in [5, 5.41) is 30.8. The van der Waals surface area contributed by atoms with E-state index in [1.807, 2.05) is 44.2 Å². The van der Waals surface area contributed by atoms with Crippen LogP contribution in [0.5, 0.6) is 0 Å². The smallest absolute Gasteiger partial charge is 0.410 e. The van der Waals surface area contributed by atoms with Crippen LogP contribution in [0.1, 0.15) is 74.2 Å². The Morgan fingerprint density at radius 3 is 2.19 bits per heavy atom. The maximum Gasteiger partial charge on any atom is 0.410 e. The van der Waals surface area contributed by atoms with Gasteiger partial charge in [0, 0.05) is 30.8 Å².